The molecule has 0 radical (unpaired) electrons. The molecular weight excluding hydrogens is 418 g/mol. The molecule has 1 unspecified atom stereocenters. The van der Waals surface area contributed by atoms with Gasteiger partial charge >= 0.3 is 5.91 Å². The number of halogens is 1. The fourth-order valence-corrected chi connectivity index (χ4v) is 4.36. The Morgan fingerprint density at radius 3 is 1.06 bits per heavy atom. The molecule has 0 aliphatic carbocycles. The molecule has 0 aliphatic rings. The number of ether oxygens (including phenoxy) is 1. The maximum Gasteiger partial charge on any atom is 0.315 e. The zero-order valence-corrected chi connectivity index (χ0v) is 23.5. The topological polar surface area (TPSA) is 29.5 Å². The molecule has 4 heteroatoms. The molecule has 0 aliphatic heterocycles. The number of rotatable bonds is 24. The van der Waals surface area contributed by atoms with Gasteiger partial charge in [-0.05, 0) is 6.42 Å². The Morgan fingerprint density at radius 2 is 0.812 bits per heavy atom. The van der Waals surface area contributed by atoms with Crippen LogP contribution in [0, 0.1) is 0 Å². The van der Waals surface area contributed by atoms with Gasteiger partial charge in [0.15, 0.2) is 0 Å². The lowest BCUT2D eigenvalue weighted by molar-refractivity contribution is -0.980. The van der Waals surface area contributed by atoms with E-state index in [1.807, 2.05) is 28.1 Å². The molecule has 0 heterocycles. The molecule has 0 aromatic rings. The normalized spacial score (nSPS) is 13.7. The largest absolute Gasteiger partial charge is 1.00 e. The van der Waals surface area contributed by atoms with Gasteiger partial charge in [0.25, 0.3) is 0 Å². The molecule has 0 saturated heterocycles. The minimum atomic E-state index is -1.05. The van der Waals surface area contributed by atoms with Crippen LogP contribution in [-0.4, -0.2) is 43.3 Å². The Labute approximate surface area is 209 Å². The molecule has 0 saturated carbocycles. The number of hydrogen-bond acceptors (Lipinski definition) is 2. The van der Waals surface area contributed by atoms with Crippen molar-refractivity contribution in [3.05, 3.63) is 0 Å². The molecule has 0 fully saturated rings. The van der Waals surface area contributed by atoms with Gasteiger partial charge in [0.05, 0.1) is 34.2 Å². The summed E-state index contributed by atoms with van der Waals surface area (Å²) in [7, 11) is 5.96. The van der Waals surface area contributed by atoms with Crippen molar-refractivity contribution in [2.45, 2.75) is 155 Å². The third-order valence-electron chi connectivity index (χ3n) is 6.84. The average molecular weight is 478 g/mol. The first-order chi connectivity index (χ1) is 14.9. The Hall–Kier alpha value is 0.170. The predicted molar refractivity (Wildman–Crippen MR) is 137 cm³/mol. The Balaban J connectivity index is 0. The maximum absolute atomic E-state index is 10.6. The van der Waals surface area contributed by atoms with Crippen molar-refractivity contribution < 1.29 is 26.7 Å². The number of nitrogens with zero attached hydrogens (tertiary/aromatic N) is 1. The van der Waals surface area contributed by atoms with Crippen LogP contribution in [0.3, 0.4) is 0 Å². The molecule has 196 valence electrons. The highest BCUT2D eigenvalue weighted by Crippen LogP contribution is 2.22. The van der Waals surface area contributed by atoms with Crippen molar-refractivity contribution in [2.75, 3.05) is 27.7 Å². The molecule has 0 bridgehead atoms. The molecule has 0 aromatic heterocycles. The van der Waals surface area contributed by atoms with Gasteiger partial charge in [-0.1, -0.05) is 136 Å². The van der Waals surface area contributed by atoms with Gasteiger partial charge in [0.1, 0.15) is 0 Å². The monoisotopic (exact) mass is 477 g/mol. The van der Waals surface area contributed by atoms with Crippen molar-refractivity contribution in [1.82, 2.24) is 0 Å². The van der Waals surface area contributed by atoms with Gasteiger partial charge in [-0.2, -0.15) is 0 Å². The van der Waals surface area contributed by atoms with Gasteiger partial charge in [0, 0.05) is 0 Å². The Bertz CT molecular complexity index is 373. The summed E-state index contributed by atoms with van der Waals surface area (Å²) in [4.78, 5) is 0. The molecule has 0 aromatic carbocycles. The number of quaternary nitrogens is 1. The van der Waals surface area contributed by atoms with Crippen molar-refractivity contribution in [1.29, 1.82) is 0 Å². The number of aliphatic hydroxyl groups is 1. The van der Waals surface area contributed by atoms with Crippen LogP contribution in [0.2, 0.25) is 0 Å². The molecule has 0 spiro atoms. The lowest BCUT2D eigenvalue weighted by Crippen LogP contribution is -3.00. The van der Waals surface area contributed by atoms with E-state index in [-0.39, 0.29) is 12.4 Å². The smallest absolute Gasteiger partial charge is 0.315 e. The number of unbranched alkanes of at least 4 members (excludes halogenated alkanes) is 19. The van der Waals surface area contributed by atoms with E-state index < -0.39 is 5.91 Å². The first kappa shape index (κ1) is 34.3. The van der Waals surface area contributed by atoms with E-state index in [0.717, 1.165) is 6.42 Å². The second-order valence-corrected chi connectivity index (χ2v) is 10.7. The van der Waals surface area contributed by atoms with Crippen LogP contribution in [0.1, 0.15) is 149 Å². The van der Waals surface area contributed by atoms with Crippen LogP contribution in [-0.2, 0) is 4.74 Å². The minimum Gasteiger partial charge on any atom is -1.00 e. The average Bonchev–Trinajstić information content (AvgIpc) is 2.73. The molecule has 0 rings (SSSR count). The quantitative estimate of drug-likeness (QED) is 0.111. The number of hydrogen-bond donors (Lipinski definition) is 1. The fraction of sp³-hybridized carbons (Fsp3) is 1.00. The Morgan fingerprint density at radius 1 is 0.531 bits per heavy atom. The van der Waals surface area contributed by atoms with Crippen LogP contribution in [0.4, 0.5) is 0 Å². The van der Waals surface area contributed by atoms with Gasteiger partial charge in [-0.3, -0.25) is 4.48 Å². The van der Waals surface area contributed by atoms with Crippen LogP contribution in [0.5, 0.6) is 0 Å². The van der Waals surface area contributed by atoms with Gasteiger partial charge in [-0.15, -0.1) is 0 Å². The third kappa shape index (κ3) is 19.6. The van der Waals surface area contributed by atoms with E-state index in [1.54, 1.807) is 0 Å². The minimum absolute atomic E-state index is 0. The lowest BCUT2D eigenvalue weighted by Gasteiger charge is -2.40. The van der Waals surface area contributed by atoms with E-state index in [0.29, 0.717) is 17.5 Å². The van der Waals surface area contributed by atoms with Crippen molar-refractivity contribution in [3.63, 3.8) is 0 Å². The summed E-state index contributed by atoms with van der Waals surface area (Å²) in [5.74, 6) is -1.05. The summed E-state index contributed by atoms with van der Waals surface area (Å²) < 4.78 is 6.24. The predicted octanol–water partition coefficient (Wildman–Crippen LogP) is 5.59. The van der Waals surface area contributed by atoms with Gasteiger partial charge in [0.2, 0.25) is 0 Å². The molecule has 0 amide bonds. The van der Waals surface area contributed by atoms with Crippen LogP contribution in [0.25, 0.3) is 0 Å². The van der Waals surface area contributed by atoms with E-state index in [4.69, 9.17) is 4.74 Å². The van der Waals surface area contributed by atoms with E-state index in [9.17, 15) is 5.11 Å². The third-order valence-corrected chi connectivity index (χ3v) is 6.84. The zero-order chi connectivity index (χ0) is 23.3. The second kappa shape index (κ2) is 22.9. The SMILES string of the molecule is CCCCCCCCCCCCCCCCCCCCCCOC(O)(CC)[N+](C)(C)C.[Cl-]. The summed E-state index contributed by atoms with van der Waals surface area (Å²) in [6.45, 7) is 4.95. The molecule has 1 atom stereocenters. The second-order valence-electron chi connectivity index (χ2n) is 10.7. The van der Waals surface area contributed by atoms with E-state index >= 15 is 0 Å². The maximum atomic E-state index is 10.6. The molecule has 32 heavy (non-hydrogen) atoms. The summed E-state index contributed by atoms with van der Waals surface area (Å²) >= 11 is 0. The summed E-state index contributed by atoms with van der Waals surface area (Å²) in [6.07, 6.45) is 28.6. The lowest BCUT2D eigenvalue weighted by atomic mass is 10.0. The van der Waals surface area contributed by atoms with E-state index in [2.05, 4.69) is 6.92 Å². The van der Waals surface area contributed by atoms with Crippen LogP contribution < -0.4 is 12.4 Å². The first-order valence-corrected chi connectivity index (χ1v) is 14.0. The van der Waals surface area contributed by atoms with E-state index in [1.165, 1.54) is 122 Å². The van der Waals surface area contributed by atoms with Gasteiger partial charge in [-0.25, -0.2) is 0 Å². The van der Waals surface area contributed by atoms with Crippen LogP contribution >= 0.6 is 0 Å². The Kier molecular flexibility index (Phi) is 24.6. The molecule has 1 N–H and O–H groups in total. The highest BCUT2D eigenvalue weighted by atomic mass is 35.5. The molecular formula is C28H60ClNO2. The highest BCUT2D eigenvalue weighted by molar-refractivity contribution is 4.53. The van der Waals surface area contributed by atoms with Crippen LogP contribution in [0.15, 0.2) is 0 Å². The summed E-state index contributed by atoms with van der Waals surface area (Å²) in [5.41, 5.74) is 0. The van der Waals surface area contributed by atoms with Crippen molar-refractivity contribution in [3.8, 4) is 0 Å². The summed E-state index contributed by atoms with van der Waals surface area (Å²) in [5, 5.41) is 10.6. The fourth-order valence-electron chi connectivity index (χ4n) is 4.36. The van der Waals surface area contributed by atoms with Gasteiger partial charge < -0.3 is 22.3 Å². The zero-order valence-electron chi connectivity index (χ0n) is 22.7. The first-order valence-electron chi connectivity index (χ1n) is 14.0. The van der Waals surface area contributed by atoms with Crippen molar-refractivity contribution in [2.24, 2.45) is 0 Å². The highest BCUT2D eigenvalue weighted by Gasteiger charge is 2.40. The molecule has 3 nitrogen and oxygen atoms in total. The standard InChI is InChI=1S/C28H60NO2.ClH/c1-6-8-9-10-11-12-13-14-15-16-17-18-19-20-21-22-23-24-25-26-27-31-28(30,7-2)29(3,4)5;/h30H,6-27H2,1-5H3;1H/q+1;/p-1. The van der Waals surface area contributed by atoms with Crippen molar-refractivity contribution >= 4 is 0 Å². The summed E-state index contributed by atoms with van der Waals surface area (Å²) in [6, 6.07) is 0.